The number of unbranched alkanes of at least 4 members (excludes halogenated alkanes) is 15. The van der Waals surface area contributed by atoms with Gasteiger partial charge in [-0.15, -0.1) is 0 Å². The molecule has 8 heteroatoms. The zero-order valence-electron chi connectivity index (χ0n) is 23.5. The molecule has 1 aromatic carbocycles. The second-order valence-electron chi connectivity index (χ2n) is 10.1. The van der Waals surface area contributed by atoms with Gasteiger partial charge in [0, 0.05) is 30.8 Å². The van der Waals surface area contributed by atoms with Gasteiger partial charge >= 0.3 is 17.9 Å². The normalized spacial score (nSPS) is 10.8. The number of rotatable bonds is 24. The Morgan fingerprint density at radius 2 is 1.08 bits per heavy atom. The standard InChI is InChI=1S/C30H49NO7/c1-3-4-5-6-7-8-9-10-11-12-13-14-15-16-17-18-19-37-27-20-26(21-28(22-27)38-25(2)32)31(23-29(33)34)24-30(35)36/h20-22H,3-19,23-24H2,1-2H3,(H,33,34)(H,35,36). The summed E-state index contributed by atoms with van der Waals surface area (Å²) in [5, 5.41) is 18.3. The Morgan fingerprint density at radius 3 is 1.50 bits per heavy atom. The highest BCUT2D eigenvalue weighted by Crippen LogP contribution is 2.29. The molecular weight excluding hydrogens is 486 g/mol. The summed E-state index contributed by atoms with van der Waals surface area (Å²) in [6, 6.07) is 4.57. The lowest BCUT2D eigenvalue weighted by molar-refractivity contribution is -0.136. The number of carbonyl (C=O) groups excluding carboxylic acids is 1. The van der Waals surface area contributed by atoms with Crippen LogP contribution in [0.15, 0.2) is 18.2 Å². The van der Waals surface area contributed by atoms with Gasteiger partial charge in [0.25, 0.3) is 0 Å². The largest absolute Gasteiger partial charge is 0.493 e. The monoisotopic (exact) mass is 535 g/mol. The highest BCUT2D eigenvalue weighted by molar-refractivity contribution is 5.80. The minimum atomic E-state index is -1.17. The summed E-state index contributed by atoms with van der Waals surface area (Å²) in [4.78, 5) is 35.0. The zero-order valence-corrected chi connectivity index (χ0v) is 23.5. The SMILES string of the molecule is CCCCCCCCCCCCCCCCCCOc1cc(OC(C)=O)cc(N(CC(=O)O)CC(=O)O)c1. The van der Waals surface area contributed by atoms with E-state index in [2.05, 4.69) is 6.92 Å². The number of carboxylic acids is 2. The first-order valence-corrected chi connectivity index (χ1v) is 14.5. The maximum absolute atomic E-state index is 11.4. The molecule has 38 heavy (non-hydrogen) atoms. The molecule has 0 saturated heterocycles. The van der Waals surface area contributed by atoms with Gasteiger partial charge in [0.05, 0.1) is 6.61 Å². The first-order chi connectivity index (χ1) is 18.3. The van der Waals surface area contributed by atoms with Gasteiger partial charge < -0.3 is 24.6 Å². The van der Waals surface area contributed by atoms with Crippen LogP contribution in [0.1, 0.15) is 117 Å². The van der Waals surface area contributed by atoms with Gasteiger partial charge in [-0.3, -0.25) is 14.4 Å². The van der Waals surface area contributed by atoms with E-state index in [4.69, 9.17) is 19.7 Å². The average molecular weight is 536 g/mol. The molecule has 0 atom stereocenters. The van der Waals surface area contributed by atoms with Crippen molar-refractivity contribution in [1.82, 2.24) is 0 Å². The molecule has 0 unspecified atom stereocenters. The lowest BCUT2D eigenvalue weighted by atomic mass is 10.0. The third-order valence-electron chi connectivity index (χ3n) is 6.41. The third-order valence-corrected chi connectivity index (χ3v) is 6.41. The van der Waals surface area contributed by atoms with E-state index in [0.29, 0.717) is 18.0 Å². The molecule has 0 aliphatic heterocycles. The van der Waals surface area contributed by atoms with Crippen LogP contribution in [0.4, 0.5) is 5.69 Å². The fourth-order valence-electron chi connectivity index (χ4n) is 4.45. The fourth-order valence-corrected chi connectivity index (χ4v) is 4.45. The summed E-state index contributed by atoms with van der Waals surface area (Å²) in [5.41, 5.74) is 0.301. The lowest BCUT2D eigenvalue weighted by Crippen LogP contribution is -2.34. The zero-order chi connectivity index (χ0) is 28.0. The second kappa shape index (κ2) is 21.2. The molecule has 2 N–H and O–H groups in total. The van der Waals surface area contributed by atoms with Gasteiger partial charge in [-0.2, -0.15) is 0 Å². The number of nitrogens with zero attached hydrogens (tertiary/aromatic N) is 1. The molecule has 0 amide bonds. The molecule has 0 aliphatic carbocycles. The molecule has 0 bridgehead atoms. The number of hydrogen-bond donors (Lipinski definition) is 2. The van der Waals surface area contributed by atoms with Crippen LogP contribution in [0, 0.1) is 0 Å². The van der Waals surface area contributed by atoms with Crippen LogP contribution in [-0.2, 0) is 14.4 Å². The molecule has 0 saturated carbocycles. The van der Waals surface area contributed by atoms with Crippen molar-refractivity contribution in [3.8, 4) is 11.5 Å². The summed E-state index contributed by atoms with van der Waals surface area (Å²) in [6.45, 7) is 2.98. The Morgan fingerprint density at radius 1 is 0.658 bits per heavy atom. The van der Waals surface area contributed by atoms with Crippen LogP contribution in [-0.4, -0.2) is 47.8 Å². The highest BCUT2D eigenvalue weighted by Gasteiger charge is 2.17. The summed E-state index contributed by atoms with van der Waals surface area (Å²) in [6.07, 6.45) is 20.6. The molecular formula is C30H49NO7. The van der Waals surface area contributed by atoms with Crippen molar-refractivity contribution in [1.29, 1.82) is 0 Å². The smallest absolute Gasteiger partial charge is 0.323 e. The Kier molecular flexibility index (Phi) is 18.5. The van der Waals surface area contributed by atoms with Crippen LogP contribution >= 0.6 is 0 Å². The third kappa shape index (κ3) is 17.6. The van der Waals surface area contributed by atoms with Gasteiger partial charge in [-0.25, -0.2) is 0 Å². The molecule has 0 aliphatic rings. The maximum atomic E-state index is 11.4. The van der Waals surface area contributed by atoms with Crippen LogP contribution in [0.3, 0.4) is 0 Å². The maximum Gasteiger partial charge on any atom is 0.323 e. The summed E-state index contributed by atoms with van der Waals surface area (Å²) >= 11 is 0. The van der Waals surface area contributed by atoms with Crippen LogP contribution in [0.2, 0.25) is 0 Å². The predicted molar refractivity (Wildman–Crippen MR) is 150 cm³/mol. The molecule has 0 spiro atoms. The molecule has 0 fully saturated rings. The minimum Gasteiger partial charge on any atom is -0.493 e. The van der Waals surface area contributed by atoms with Crippen molar-refractivity contribution in [3.63, 3.8) is 0 Å². The van der Waals surface area contributed by atoms with Crippen molar-refractivity contribution < 1.29 is 34.1 Å². The van der Waals surface area contributed by atoms with E-state index < -0.39 is 31.0 Å². The number of carboxylic acid groups (broad SMARTS) is 2. The molecule has 0 aromatic heterocycles. The van der Waals surface area contributed by atoms with Crippen molar-refractivity contribution in [3.05, 3.63) is 18.2 Å². The van der Waals surface area contributed by atoms with E-state index >= 15 is 0 Å². The molecule has 8 nitrogen and oxygen atoms in total. The van der Waals surface area contributed by atoms with Gasteiger partial charge in [-0.05, 0) is 6.42 Å². The minimum absolute atomic E-state index is 0.178. The topological polar surface area (TPSA) is 113 Å². The predicted octanol–water partition coefficient (Wildman–Crippen LogP) is 7.23. The van der Waals surface area contributed by atoms with Crippen molar-refractivity contribution >= 4 is 23.6 Å². The Bertz CT molecular complexity index is 796. The average Bonchev–Trinajstić information content (AvgIpc) is 2.84. The van der Waals surface area contributed by atoms with Crippen LogP contribution in [0.5, 0.6) is 11.5 Å². The molecule has 216 valence electrons. The number of anilines is 1. The molecule has 0 heterocycles. The Hall–Kier alpha value is -2.77. The van der Waals surface area contributed by atoms with Gasteiger partial charge in [-0.1, -0.05) is 103 Å². The second-order valence-corrected chi connectivity index (χ2v) is 10.1. The lowest BCUT2D eigenvalue weighted by Gasteiger charge is -2.22. The quantitative estimate of drug-likeness (QED) is 0.0810. The summed E-state index contributed by atoms with van der Waals surface area (Å²) in [5.74, 6) is -2.29. The van der Waals surface area contributed by atoms with E-state index in [9.17, 15) is 14.4 Å². The highest BCUT2D eigenvalue weighted by atomic mass is 16.5. The molecule has 1 aromatic rings. The van der Waals surface area contributed by atoms with Crippen molar-refractivity contribution in [2.24, 2.45) is 0 Å². The number of aliphatic carboxylic acids is 2. The number of carbonyl (C=O) groups is 3. The first-order valence-electron chi connectivity index (χ1n) is 14.5. The summed E-state index contributed by atoms with van der Waals surface area (Å²) < 4.78 is 11.0. The van der Waals surface area contributed by atoms with Crippen LogP contribution in [0.25, 0.3) is 0 Å². The van der Waals surface area contributed by atoms with E-state index in [1.807, 2.05) is 0 Å². The molecule has 0 radical (unpaired) electrons. The van der Waals surface area contributed by atoms with E-state index in [1.54, 1.807) is 12.1 Å². The van der Waals surface area contributed by atoms with E-state index in [0.717, 1.165) is 19.3 Å². The van der Waals surface area contributed by atoms with Crippen LogP contribution < -0.4 is 14.4 Å². The van der Waals surface area contributed by atoms with E-state index in [-0.39, 0.29) is 5.75 Å². The van der Waals surface area contributed by atoms with Crippen molar-refractivity contribution in [2.75, 3.05) is 24.6 Å². The first kappa shape index (κ1) is 33.3. The molecule has 1 rings (SSSR count). The van der Waals surface area contributed by atoms with E-state index in [1.165, 1.54) is 101 Å². The fraction of sp³-hybridized carbons (Fsp3) is 0.700. The number of ether oxygens (including phenoxy) is 2. The number of hydrogen-bond acceptors (Lipinski definition) is 6. The number of benzene rings is 1. The summed E-state index contributed by atoms with van der Waals surface area (Å²) in [7, 11) is 0. The van der Waals surface area contributed by atoms with Gasteiger partial charge in [0.1, 0.15) is 24.6 Å². The Balaban J connectivity index is 2.29. The van der Waals surface area contributed by atoms with Crippen molar-refractivity contribution in [2.45, 2.75) is 117 Å². The van der Waals surface area contributed by atoms with Gasteiger partial charge in [0.2, 0.25) is 0 Å². The Labute approximate surface area is 228 Å². The number of esters is 1. The van der Waals surface area contributed by atoms with Gasteiger partial charge in [0.15, 0.2) is 0 Å².